The van der Waals surface area contributed by atoms with Crippen LogP contribution < -0.4 is 0 Å². The van der Waals surface area contributed by atoms with Gasteiger partial charge in [-0.1, -0.05) is 5.16 Å². The zero-order valence-electron chi connectivity index (χ0n) is 10.6. The molecule has 1 aromatic heterocycles. The SMILES string of the molecule is Cc1noc(C)c1CN(C)C(=O)[C@H]1C[C@H]1C(=O)O. The minimum Gasteiger partial charge on any atom is -0.481 e. The number of hydrogen-bond acceptors (Lipinski definition) is 4. The van der Waals surface area contributed by atoms with Crippen LogP contribution in [0.1, 0.15) is 23.4 Å². The highest BCUT2D eigenvalue weighted by Crippen LogP contribution is 2.40. The van der Waals surface area contributed by atoms with E-state index in [9.17, 15) is 9.59 Å². The Morgan fingerprint density at radius 3 is 2.56 bits per heavy atom. The van der Waals surface area contributed by atoms with Crippen molar-refractivity contribution in [2.24, 2.45) is 11.8 Å². The van der Waals surface area contributed by atoms with Crippen LogP contribution in [0.2, 0.25) is 0 Å². The fourth-order valence-electron chi connectivity index (χ4n) is 2.07. The molecular formula is C12H16N2O4. The lowest BCUT2D eigenvalue weighted by atomic mass is 10.2. The smallest absolute Gasteiger partial charge is 0.307 e. The summed E-state index contributed by atoms with van der Waals surface area (Å²) in [4.78, 5) is 24.3. The highest BCUT2D eigenvalue weighted by molar-refractivity contribution is 5.89. The molecular weight excluding hydrogens is 236 g/mol. The van der Waals surface area contributed by atoms with Crippen molar-refractivity contribution < 1.29 is 19.2 Å². The number of rotatable bonds is 4. The van der Waals surface area contributed by atoms with Gasteiger partial charge in [-0.2, -0.15) is 0 Å². The molecule has 1 saturated carbocycles. The summed E-state index contributed by atoms with van der Waals surface area (Å²) in [7, 11) is 1.67. The van der Waals surface area contributed by atoms with Gasteiger partial charge in [0.05, 0.1) is 24.1 Å². The monoisotopic (exact) mass is 252 g/mol. The van der Waals surface area contributed by atoms with Crippen molar-refractivity contribution in [3.8, 4) is 0 Å². The molecule has 0 aliphatic heterocycles. The van der Waals surface area contributed by atoms with Gasteiger partial charge in [0.2, 0.25) is 5.91 Å². The van der Waals surface area contributed by atoms with Crippen LogP contribution in [0.3, 0.4) is 0 Å². The van der Waals surface area contributed by atoms with Gasteiger partial charge in [-0.25, -0.2) is 0 Å². The highest BCUT2D eigenvalue weighted by atomic mass is 16.5. The van der Waals surface area contributed by atoms with E-state index in [0.29, 0.717) is 18.7 Å². The van der Waals surface area contributed by atoms with Crippen LogP contribution in [0.4, 0.5) is 0 Å². The number of nitrogens with zero attached hydrogens (tertiary/aromatic N) is 2. The van der Waals surface area contributed by atoms with Crippen LogP contribution >= 0.6 is 0 Å². The van der Waals surface area contributed by atoms with Gasteiger partial charge in [0, 0.05) is 12.6 Å². The molecule has 1 heterocycles. The standard InChI is InChI=1S/C12H16N2O4/c1-6-10(7(2)18-13-6)5-14(3)11(15)8-4-9(8)12(16)17/h8-9H,4-5H2,1-3H3,(H,16,17)/t8-,9+/m0/s1. The molecule has 2 rings (SSSR count). The summed E-state index contributed by atoms with van der Waals surface area (Å²) < 4.78 is 5.03. The number of carboxylic acid groups (broad SMARTS) is 1. The van der Waals surface area contributed by atoms with Gasteiger partial charge < -0.3 is 14.5 Å². The Labute approximate surface area is 105 Å². The van der Waals surface area contributed by atoms with Gasteiger partial charge >= 0.3 is 5.97 Å². The Morgan fingerprint density at radius 1 is 1.44 bits per heavy atom. The van der Waals surface area contributed by atoms with Gasteiger partial charge in [0.1, 0.15) is 5.76 Å². The maximum Gasteiger partial charge on any atom is 0.307 e. The van der Waals surface area contributed by atoms with E-state index >= 15 is 0 Å². The van der Waals surface area contributed by atoms with Crippen molar-refractivity contribution >= 4 is 11.9 Å². The van der Waals surface area contributed by atoms with Crippen molar-refractivity contribution in [2.75, 3.05) is 7.05 Å². The Hall–Kier alpha value is -1.85. The van der Waals surface area contributed by atoms with Crippen LogP contribution in [-0.4, -0.2) is 34.1 Å². The molecule has 18 heavy (non-hydrogen) atoms. The molecule has 0 unspecified atom stereocenters. The Balaban J connectivity index is 1.99. The molecule has 1 amide bonds. The maximum atomic E-state index is 12.0. The number of aliphatic carboxylic acids is 1. The van der Waals surface area contributed by atoms with E-state index in [0.717, 1.165) is 11.3 Å². The quantitative estimate of drug-likeness (QED) is 0.863. The van der Waals surface area contributed by atoms with Gasteiger partial charge in [-0.15, -0.1) is 0 Å². The number of hydrogen-bond donors (Lipinski definition) is 1. The van der Waals surface area contributed by atoms with Crippen molar-refractivity contribution in [1.29, 1.82) is 0 Å². The van der Waals surface area contributed by atoms with Crippen LogP contribution in [-0.2, 0) is 16.1 Å². The summed E-state index contributed by atoms with van der Waals surface area (Å²) in [5, 5.41) is 12.6. The summed E-state index contributed by atoms with van der Waals surface area (Å²) in [5.41, 5.74) is 1.65. The van der Waals surface area contributed by atoms with E-state index < -0.39 is 11.9 Å². The molecule has 0 spiro atoms. The number of carbonyl (C=O) groups is 2. The minimum atomic E-state index is -0.890. The molecule has 0 bridgehead atoms. The van der Waals surface area contributed by atoms with Crippen molar-refractivity contribution in [3.63, 3.8) is 0 Å². The number of aryl methyl sites for hydroxylation is 2. The third kappa shape index (κ3) is 2.23. The van der Waals surface area contributed by atoms with Gasteiger partial charge in [0.25, 0.3) is 0 Å². The zero-order chi connectivity index (χ0) is 13.4. The second-order valence-corrected chi connectivity index (χ2v) is 4.78. The molecule has 6 nitrogen and oxygen atoms in total. The first-order chi connectivity index (χ1) is 8.41. The van der Waals surface area contributed by atoms with Crippen molar-refractivity contribution in [3.05, 3.63) is 17.0 Å². The molecule has 6 heteroatoms. The first-order valence-electron chi connectivity index (χ1n) is 5.81. The molecule has 0 saturated heterocycles. The van der Waals surface area contributed by atoms with E-state index in [2.05, 4.69) is 5.16 Å². The Morgan fingerprint density at radius 2 is 2.11 bits per heavy atom. The maximum absolute atomic E-state index is 12.0. The number of carboxylic acids is 1. The predicted octanol–water partition coefficient (Wildman–Crippen LogP) is 0.971. The van der Waals surface area contributed by atoms with Crippen molar-refractivity contribution in [1.82, 2.24) is 10.1 Å². The van der Waals surface area contributed by atoms with Gasteiger partial charge in [-0.05, 0) is 20.3 Å². The van der Waals surface area contributed by atoms with E-state index in [-0.39, 0.29) is 11.8 Å². The molecule has 1 aliphatic carbocycles. The van der Waals surface area contributed by atoms with Crippen molar-refractivity contribution in [2.45, 2.75) is 26.8 Å². The fourth-order valence-corrected chi connectivity index (χ4v) is 2.07. The molecule has 98 valence electrons. The zero-order valence-corrected chi connectivity index (χ0v) is 10.6. The third-order valence-corrected chi connectivity index (χ3v) is 3.38. The minimum absolute atomic E-state index is 0.123. The third-order valence-electron chi connectivity index (χ3n) is 3.38. The Bertz CT molecular complexity index is 475. The molecule has 0 radical (unpaired) electrons. The van der Waals surface area contributed by atoms with Crippen LogP contribution in [0.15, 0.2) is 4.52 Å². The second-order valence-electron chi connectivity index (χ2n) is 4.78. The largest absolute Gasteiger partial charge is 0.481 e. The molecule has 0 aromatic carbocycles. The van der Waals surface area contributed by atoms with Crippen LogP contribution in [0.5, 0.6) is 0 Å². The lowest BCUT2D eigenvalue weighted by molar-refractivity contribution is -0.141. The summed E-state index contributed by atoms with van der Waals surface area (Å²) in [6.07, 6.45) is 0.445. The highest BCUT2D eigenvalue weighted by Gasteiger charge is 2.49. The second kappa shape index (κ2) is 4.44. The molecule has 1 aromatic rings. The average Bonchev–Trinajstić information content (AvgIpc) is 3.05. The van der Waals surface area contributed by atoms with Gasteiger partial charge in [0.15, 0.2) is 0 Å². The lowest BCUT2D eigenvalue weighted by Gasteiger charge is -2.16. The van der Waals surface area contributed by atoms with Crippen LogP contribution in [0, 0.1) is 25.7 Å². The average molecular weight is 252 g/mol. The Kier molecular flexibility index (Phi) is 3.11. The fraction of sp³-hybridized carbons (Fsp3) is 0.583. The summed E-state index contributed by atoms with van der Waals surface area (Å²) >= 11 is 0. The van der Waals surface area contributed by atoms with E-state index in [4.69, 9.17) is 9.63 Å². The topological polar surface area (TPSA) is 83.6 Å². The molecule has 2 atom stereocenters. The van der Waals surface area contributed by atoms with Gasteiger partial charge in [-0.3, -0.25) is 9.59 Å². The first kappa shape index (κ1) is 12.6. The number of aromatic nitrogens is 1. The molecule has 1 N–H and O–H groups in total. The number of amides is 1. The first-order valence-corrected chi connectivity index (χ1v) is 5.81. The lowest BCUT2D eigenvalue weighted by Crippen LogP contribution is -2.29. The summed E-state index contributed by atoms with van der Waals surface area (Å²) in [6.45, 7) is 4.02. The van der Waals surface area contributed by atoms with E-state index in [1.807, 2.05) is 6.92 Å². The van der Waals surface area contributed by atoms with Crippen LogP contribution in [0.25, 0.3) is 0 Å². The summed E-state index contributed by atoms with van der Waals surface area (Å²) in [6, 6.07) is 0. The number of carbonyl (C=O) groups excluding carboxylic acids is 1. The normalized spacial score (nSPS) is 21.7. The van der Waals surface area contributed by atoms with E-state index in [1.165, 1.54) is 0 Å². The van der Waals surface area contributed by atoms with E-state index in [1.54, 1.807) is 18.9 Å². The molecule has 1 aliphatic rings. The predicted molar refractivity (Wildman–Crippen MR) is 61.7 cm³/mol. The summed E-state index contributed by atoms with van der Waals surface area (Å²) in [5.74, 6) is -1.20. The molecule has 1 fully saturated rings.